The molecule has 2 aromatic rings. The molecule has 0 saturated heterocycles. The maximum absolute atomic E-state index is 11.6. The van der Waals surface area contributed by atoms with Crippen molar-refractivity contribution in [3.05, 3.63) is 65.4 Å². The van der Waals surface area contributed by atoms with Gasteiger partial charge in [-0.3, -0.25) is 0 Å². The van der Waals surface area contributed by atoms with Crippen LogP contribution in [0.1, 0.15) is 23.2 Å². The molecule has 0 atom stereocenters. The Labute approximate surface area is 136 Å². The maximum Gasteiger partial charge on any atom is 0.407 e. The highest BCUT2D eigenvalue weighted by Crippen LogP contribution is 2.08. The molecular weight excluding hydrogens is 290 g/mol. The number of anilines is 1. The number of carbonyl (C=O) groups excluding carboxylic acids is 1. The summed E-state index contributed by atoms with van der Waals surface area (Å²) in [6.07, 6.45) is 4.11. The number of nitrogen functional groups attached to an aromatic ring is 1. The number of carbonyl (C=O) groups is 1. The standard InChI is InChI=1S/C18H21N3O2/c1-14-11-16(21-17(19)12-14)9-5-6-10-20-18(22)23-13-15-7-3-2-4-8-15/h2-5,7-9,11-12H,6,10,13H2,1H3,(H2,19,21)(H,20,22). The fourth-order valence-corrected chi connectivity index (χ4v) is 2.04. The Hall–Kier alpha value is -2.82. The fourth-order valence-electron chi connectivity index (χ4n) is 2.04. The van der Waals surface area contributed by atoms with Crippen molar-refractivity contribution in [2.24, 2.45) is 0 Å². The Morgan fingerprint density at radius 3 is 2.83 bits per heavy atom. The van der Waals surface area contributed by atoms with Crippen LogP contribution in [-0.2, 0) is 11.3 Å². The van der Waals surface area contributed by atoms with Gasteiger partial charge in [0.15, 0.2) is 0 Å². The van der Waals surface area contributed by atoms with Crippen molar-refractivity contribution < 1.29 is 9.53 Å². The molecule has 5 heteroatoms. The summed E-state index contributed by atoms with van der Waals surface area (Å²) >= 11 is 0. The number of hydrogen-bond donors (Lipinski definition) is 2. The average Bonchev–Trinajstić information content (AvgIpc) is 2.53. The van der Waals surface area contributed by atoms with Gasteiger partial charge in [0.25, 0.3) is 0 Å². The summed E-state index contributed by atoms with van der Waals surface area (Å²) in [4.78, 5) is 15.8. The van der Waals surface area contributed by atoms with Gasteiger partial charge in [-0.2, -0.15) is 0 Å². The summed E-state index contributed by atoms with van der Waals surface area (Å²) in [5, 5.41) is 2.70. The highest BCUT2D eigenvalue weighted by atomic mass is 16.5. The minimum Gasteiger partial charge on any atom is -0.445 e. The molecule has 1 aromatic carbocycles. The highest BCUT2D eigenvalue weighted by Gasteiger charge is 2.00. The molecule has 23 heavy (non-hydrogen) atoms. The second kappa shape index (κ2) is 8.58. The Kier molecular flexibility index (Phi) is 6.17. The van der Waals surface area contributed by atoms with Crippen molar-refractivity contribution in [3.63, 3.8) is 0 Å². The van der Waals surface area contributed by atoms with Crippen LogP contribution in [0.2, 0.25) is 0 Å². The van der Waals surface area contributed by atoms with Gasteiger partial charge in [-0.1, -0.05) is 36.4 Å². The zero-order valence-corrected chi connectivity index (χ0v) is 13.2. The Morgan fingerprint density at radius 1 is 1.30 bits per heavy atom. The number of nitrogens with two attached hydrogens (primary N) is 1. The average molecular weight is 311 g/mol. The first-order valence-corrected chi connectivity index (χ1v) is 7.49. The summed E-state index contributed by atoms with van der Waals surface area (Å²) in [5.74, 6) is 0.507. The van der Waals surface area contributed by atoms with Gasteiger partial charge in [-0.25, -0.2) is 9.78 Å². The molecule has 5 nitrogen and oxygen atoms in total. The molecular formula is C18H21N3O2. The van der Waals surface area contributed by atoms with Crippen molar-refractivity contribution in [1.82, 2.24) is 10.3 Å². The van der Waals surface area contributed by atoms with Gasteiger partial charge < -0.3 is 15.8 Å². The number of benzene rings is 1. The van der Waals surface area contributed by atoms with E-state index in [4.69, 9.17) is 10.5 Å². The summed E-state index contributed by atoms with van der Waals surface area (Å²) < 4.78 is 5.12. The predicted octanol–water partition coefficient (Wildman–Crippen LogP) is 3.30. The van der Waals surface area contributed by atoms with E-state index >= 15 is 0 Å². The van der Waals surface area contributed by atoms with E-state index in [-0.39, 0.29) is 6.61 Å². The molecule has 1 aromatic heterocycles. The molecule has 0 unspecified atom stereocenters. The van der Waals surface area contributed by atoms with Crippen LogP contribution in [0.3, 0.4) is 0 Å². The van der Waals surface area contributed by atoms with E-state index in [1.165, 1.54) is 0 Å². The molecule has 0 saturated carbocycles. The second-order valence-corrected chi connectivity index (χ2v) is 5.17. The molecule has 0 aliphatic heterocycles. The van der Waals surface area contributed by atoms with Gasteiger partial charge in [0.05, 0.1) is 5.69 Å². The quantitative estimate of drug-likeness (QED) is 0.802. The first-order chi connectivity index (χ1) is 11.1. The van der Waals surface area contributed by atoms with Crippen LogP contribution in [0.25, 0.3) is 6.08 Å². The molecule has 0 spiro atoms. The summed E-state index contributed by atoms with van der Waals surface area (Å²) in [6, 6.07) is 13.3. The van der Waals surface area contributed by atoms with Crippen LogP contribution in [0.5, 0.6) is 0 Å². The van der Waals surface area contributed by atoms with E-state index in [0.29, 0.717) is 18.8 Å². The third-order valence-electron chi connectivity index (χ3n) is 3.09. The van der Waals surface area contributed by atoms with E-state index in [0.717, 1.165) is 16.8 Å². The molecule has 2 rings (SSSR count). The van der Waals surface area contributed by atoms with Gasteiger partial charge in [-0.05, 0) is 42.7 Å². The summed E-state index contributed by atoms with van der Waals surface area (Å²) in [5.41, 5.74) is 8.54. The van der Waals surface area contributed by atoms with Crippen LogP contribution in [0.15, 0.2) is 48.5 Å². The maximum atomic E-state index is 11.6. The highest BCUT2D eigenvalue weighted by molar-refractivity contribution is 5.67. The van der Waals surface area contributed by atoms with Gasteiger partial charge >= 0.3 is 6.09 Å². The monoisotopic (exact) mass is 311 g/mol. The van der Waals surface area contributed by atoms with Crippen molar-refractivity contribution in [3.8, 4) is 0 Å². The number of ether oxygens (including phenoxy) is 1. The van der Waals surface area contributed by atoms with E-state index in [2.05, 4.69) is 10.3 Å². The van der Waals surface area contributed by atoms with Crippen LogP contribution in [0, 0.1) is 6.92 Å². The molecule has 1 amide bonds. The molecule has 0 radical (unpaired) electrons. The van der Waals surface area contributed by atoms with Gasteiger partial charge in [0.2, 0.25) is 0 Å². The first-order valence-electron chi connectivity index (χ1n) is 7.49. The van der Waals surface area contributed by atoms with Crippen molar-refractivity contribution >= 4 is 18.0 Å². The fraction of sp³-hybridized carbons (Fsp3) is 0.222. The van der Waals surface area contributed by atoms with Crippen molar-refractivity contribution in [2.45, 2.75) is 20.0 Å². The lowest BCUT2D eigenvalue weighted by Gasteiger charge is -2.05. The van der Waals surface area contributed by atoms with E-state index in [1.807, 2.05) is 61.5 Å². The molecule has 0 aliphatic rings. The number of alkyl carbamates (subject to hydrolysis) is 1. The lowest BCUT2D eigenvalue weighted by Crippen LogP contribution is -2.24. The lowest BCUT2D eigenvalue weighted by molar-refractivity contribution is 0.140. The summed E-state index contributed by atoms with van der Waals surface area (Å²) in [6.45, 7) is 2.75. The molecule has 3 N–H and O–H groups in total. The zero-order chi connectivity index (χ0) is 16.5. The zero-order valence-electron chi connectivity index (χ0n) is 13.2. The first kappa shape index (κ1) is 16.5. The number of nitrogens with zero attached hydrogens (tertiary/aromatic N) is 1. The van der Waals surface area contributed by atoms with E-state index in [1.54, 1.807) is 0 Å². The SMILES string of the molecule is Cc1cc(N)nc(C=CCCNC(=O)OCc2ccccc2)c1. The van der Waals surface area contributed by atoms with E-state index < -0.39 is 6.09 Å². The number of nitrogens with one attached hydrogen (secondary N) is 1. The molecule has 120 valence electrons. The predicted molar refractivity (Wildman–Crippen MR) is 91.7 cm³/mol. The van der Waals surface area contributed by atoms with Crippen molar-refractivity contribution in [1.29, 1.82) is 0 Å². The van der Waals surface area contributed by atoms with Crippen LogP contribution >= 0.6 is 0 Å². The number of hydrogen-bond acceptors (Lipinski definition) is 4. The molecule has 0 aliphatic carbocycles. The van der Waals surface area contributed by atoms with Gasteiger partial charge in [-0.15, -0.1) is 0 Å². The number of rotatable bonds is 6. The summed E-state index contributed by atoms with van der Waals surface area (Å²) in [7, 11) is 0. The number of amides is 1. The molecule has 0 fully saturated rings. The smallest absolute Gasteiger partial charge is 0.407 e. The molecule has 1 heterocycles. The van der Waals surface area contributed by atoms with Crippen LogP contribution < -0.4 is 11.1 Å². The topological polar surface area (TPSA) is 77.2 Å². The number of aromatic nitrogens is 1. The van der Waals surface area contributed by atoms with Gasteiger partial charge in [0.1, 0.15) is 12.4 Å². The third-order valence-corrected chi connectivity index (χ3v) is 3.09. The van der Waals surface area contributed by atoms with Gasteiger partial charge in [0, 0.05) is 6.54 Å². The Morgan fingerprint density at radius 2 is 2.09 bits per heavy atom. The minimum atomic E-state index is -0.417. The normalized spacial score (nSPS) is 10.7. The Balaban J connectivity index is 1.66. The number of pyridine rings is 1. The minimum absolute atomic E-state index is 0.273. The molecule has 0 bridgehead atoms. The second-order valence-electron chi connectivity index (χ2n) is 5.17. The lowest BCUT2D eigenvalue weighted by atomic mass is 10.2. The van der Waals surface area contributed by atoms with E-state index in [9.17, 15) is 4.79 Å². The third kappa shape index (κ3) is 6.22. The number of aryl methyl sites for hydroxylation is 1. The largest absolute Gasteiger partial charge is 0.445 e. The van der Waals surface area contributed by atoms with Crippen molar-refractivity contribution in [2.75, 3.05) is 12.3 Å². The van der Waals surface area contributed by atoms with Crippen LogP contribution in [0.4, 0.5) is 10.6 Å². The Bertz CT molecular complexity index is 649. The van der Waals surface area contributed by atoms with Crippen LogP contribution in [-0.4, -0.2) is 17.6 Å².